The molecule has 0 bridgehead atoms. The quantitative estimate of drug-likeness (QED) is 0.783. The average Bonchev–Trinajstić information content (AvgIpc) is 2.42. The number of carbonyl (C=O) groups is 2. The van der Waals surface area contributed by atoms with Crippen LogP contribution >= 0.6 is 23.2 Å². The number of hydrogen-bond acceptors (Lipinski definition) is 2. The van der Waals surface area contributed by atoms with Gasteiger partial charge in [0.25, 0.3) is 5.91 Å². The molecule has 1 aromatic carbocycles. The third kappa shape index (κ3) is 6.97. The molecule has 0 aliphatic carbocycles. The Morgan fingerprint density at radius 2 is 1.83 bits per heavy atom. The Balaban J connectivity index is 2.84. The summed E-state index contributed by atoms with van der Waals surface area (Å²) >= 11 is 11.7. The Morgan fingerprint density at radius 1 is 1.21 bits per heavy atom. The van der Waals surface area contributed by atoms with Gasteiger partial charge in [-0.2, -0.15) is 13.2 Å². The minimum absolute atomic E-state index is 0.0207. The molecule has 0 aromatic heterocycles. The maximum absolute atomic E-state index is 12.2. The van der Waals surface area contributed by atoms with Gasteiger partial charge < -0.3 is 10.6 Å². The lowest BCUT2D eigenvalue weighted by atomic mass is 10.0. The van der Waals surface area contributed by atoms with Crippen LogP contribution in [-0.2, 0) is 4.79 Å². The normalized spacial score (nSPS) is 12.8. The van der Waals surface area contributed by atoms with Crippen molar-refractivity contribution in [3.8, 4) is 0 Å². The summed E-state index contributed by atoms with van der Waals surface area (Å²) in [5.41, 5.74) is 0.0819. The number of benzene rings is 1. The molecule has 2 N–H and O–H groups in total. The first-order valence-electron chi connectivity index (χ1n) is 7.10. The second kappa shape index (κ2) is 8.58. The standard InChI is InChI=1S/C15H17Cl2F3N2O2/c1-8(2)5-12(14(24)21-7-15(18,19)20)22-13(23)10-4-3-9(16)6-11(10)17/h3-4,6,8,12H,5,7H2,1-2H3,(H,21,24)(H,22,23). The summed E-state index contributed by atoms with van der Waals surface area (Å²) in [6, 6.07) is 3.08. The van der Waals surface area contributed by atoms with Crippen LogP contribution in [0.1, 0.15) is 30.6 Å². The summed E-state index contributed by atoms with van der Waals surface area (Å²) in [7, 11) is 0. The SMILES string of the molecule is CC(C)CC(NC(=O)c1ccc(Cl)cc1Cl)C(=O)NCC(F)(F)F. The Hall–Kier alpha value is -1.47. The molecule has 1 atom stereocenters. The van der Waals surface area contributed by atoms with E-state index in [1.54, 1.807) is 19.2 Å². The third-order valence-corrected chi connectivity index (χ3v) is 3.52. The fourth-order valence-corrected chi connectivity index (χ4v) is 2.42. The Kier molecular flexibility index (Phi) is 7.35. The van der Waals surface area contributed by atoms with Crippen molar-refractivity contribution in [1.82, 2.24) is 10.6 Å². The molecule has 24 heavy (non-hydrogen) atoms. The number of amides is 2. The van der Waals surface area contributed by atoms with Gasteiger partial charge in [0.1, 0.15) is 12.6 Å². The van der Waals surface area contributed by atoms with Gasteiger partial charge in [0.2, 0.25) is 5.91 Å². The van der Waals surface area contributed by atoms with Crippen molar-refractivity contribution >= 4 is 35.0 Å². The maximum atomic E-state index is 12.2. The van der Waals surface area contributed by atoms with Gasteiger partial charge >= 0.3 is 6.18 Å². The van der Waals surface area contributed by atoms with E-state index in [9.17, 15) is 22.8 Å². The lowest BCUT2D eigenvalue weighted by Crippen LogP contribution is -2.49. The van der Waals surface area contributed by atoms with Gasteiger partial charge in [-0.3, -0.25) is 9.59 Å². The monoisotopic (exact) mass is 384 g/mol. The molecule has 1 aromatic rings. The first-order valence-corrected chi connectivity index (χ1v) is 7.85. The molecule has 0 radical (unpaired) electrons. The molecule has 0 aliphatic rings. The van der Waals surface area contributed by atoms with Crippen molar-refractivity contribution in [1.29, 1.82) is 0 Å². The van der Waals surface area contributed by atoms with Crippen molar-refractivity contribution in [2.75, 3.05) is 6.54 Å². The number of carbonyl (C=O) groups excluding carboxylic acids is 2. The molecule has 1 rings (SSSR count). The van der Waals surface area contributed by atoms with Crippen LogP contribution in [0.4, 0.5) is 13.2 Å². The van der Waals surface area contributed by atoms with Gasteiger partial charge in [-0.15, -0.1) is 0 Å². The molecule has 2 amide bonds. The molecule has 134 valence electrons. The van der Waals surface area contributed by atoms with Crippen molar-refractivity contribution in [3.05, 3.63) is 33.8 Å². The second-order valence-corrected chi connectivity index (χ2v) is 6.46. The van der Waals surface area contributed by atoms with E-state index in [0.717, 1.165) is 0 Å². The zero-order valence-corrected chi connectivity index (χ0v) is 14.5. The molecule has 9 heteroatoms. The smallest absolute Gasteiger partial charge is 0.345 e. The molecule has 0 aliphatic heterocycles. The first kappa shape index (κ1) is 20.6. The lowest BCUT2D eigenvalue weighted by molar-refractivity contribution is -0.139. The topological polar surface area (TPSA) is 58.2 Å². The van der Waals surface area contributed by atoms with E-state index in [4.69, 9.17) is 23.2 Å². The summed E-state index contributed by atoms with van der Waals surface area (Å²) in [4.78, 5) is 24.2. The van der Waals surface area contributed by atoms with Gasteiger partial charge in [-0.25, -0.2) is 0 Å². The van der Waals surface area contributed by atoms with Crippen molar-refractivity contribution in [2.45, 2.75) is 32.5 Å². The number of alkyl halides is 3. The number of halogens is 5. The molecular formula is C15H17Cl2F3N2O2. The Bertz CT molecular complexity index is 607. The highest BCUT2D eigenvalue weighted by Crippen LogP contribution is 2.21. The van der Waals surface area contributed by atoms with Gasteiger partial charge in [-0.05, 0) is 30.5 Å². The molecule has 0 spiro atoms. The van der Waals surface area contributed by atoms with Gasteiger partial charge in [0, 0.05) is 5.02 Å². The predicted molar refractivity (Wildman–Crippen MR) is 86.2 cm³/mol. The molecule has 0 fully saturated rings. The van der Waals surface area contributed by atoms with Crippen LogP contribution in [0.5, 0.6) is 0 Å². The van der Waals surface area contributed by atoms with Gasteiger partial charge in [0.15, 0.2) is 0 Å². The molecule has 0 heterocycles. The second-order valence-electron chi connectivity index (χ2n) is 5.61. The van der Waals surface area contributed by atoms with Crippen LogP contribution in [0.2, 0.25) is 10.0 Å². The predicted octanol–water partition coefficient (Wildman–Crippen LogP) is 3.82. The largest absolute Gasteiger partial charge is 0.405 e. The van der Waals surface area contributed by atoms with Crippen molar-refractivity contribution in [3.63, 3.8) is 0 Å². The van der Waals surface area contributed by atoms with Gasteiger partial charge in [-0.1, -0.05) is 37.0 Å². The highest BCUT2D eigenvalue weighted by atomic mass is 35.5. The van der Waals surface area contributed by atoms with Crippen LogP contribution in [0.3, 0.4) is 0 Å². The Labute approximate surface area is 147 Å². The maximum Gasteiger partial charge on any atom is 0.405 e. The first-order chi connectivity index (χ1) is 11.0. The molecular weight excluding hydrogens is 368 g/mol. The van der Waals surface area contributed by atoms with E-state index in [-0.39, 0.29) is 22.9 Å². The number of nitrogens with one attached hydrogen (secondary N) is 2. The highest BCUT2D eigenvalue weighted by molar-refractivity contribution is 6.36. The molecule has 0 saturated carbocycles. The Morgan fingerprint density at radius 3 is 2.33 bits per heavy atom. The van der Waals surface area contributed by atoms with Crippen molar-refractivity contribution in [2.24, 2.45) is 5.92 Å². The van der Waals surface area contributed by atoms with E-state index >= 15 is 0 Å². The summed E-state index contributed by atoms with van der Waals surface area (Å²) in [5, 5.41) is 4.61. The fraction of sp³-hybridized carbons (Fsp3) is 0.467. The van der Waals surface area contributed by atoms with Crippen LogP contribution < -0.4 is 10.6 Å². The number of rotatable bonds is 6. The van der Waals surface area contributed by atoms with Crippen LogP contribution in [0.25, 0.3) is 0 Å². The summed E-state index contributed by atoms with van der Waals surface area (Å²) in [6.07, 6.45) is -4.35. The zero-order chi connectivity index (χ0) is 18.5. The molecule has 1 unspecified atom stereocenters. The number of hydrogen-bond donors (Lipinski definition) is 2. The lowest BCUT2D eigenvalue weighted by Gasteiger charge is -2.21. The zero-order valence-electron chi connectivity index (χ0n) is 13.0. The van der Waals surface area contributed by atoms with E-state index in [1.807, 2.05) is 0 Å². The summed E-state index contributed by atoms with van der Waals surface area (Å²) in [6.45, 7) is 2.11. The average molecular weight is 385 g/mol. The summed E-state index contributed by atoms with van der Waals surface area (Å²) in [5.74, 6) is -1.59. The third-order valence-electron chi connectivity index (χ3n) is 2.97. The highest BCUT2D eigenvalue weighted by Gasteiger charge is 2.30. The van der Waals surface area contributed by atoms with E-state index in [2.05, 4.69) is 5.32 Å². The minimum Gasteiger partial charge on any atom is -0.345 e. The summed E-state index contributed by atoms with van der Waals surface area (Å²) < 4.78 is 36.7. The van der Waals surface area contributed by atoms with Crippen LogP contribution in [0, 0.1) is 5.92 Å². The van der Waals surface area contributed by atoms with Crippen molar-refractivity contribution < 1.29 is 22.8 Å². The van der Waals surface area contributed by atoms with Crippen LogP contribution in [-0.4, -0.2) is 30.6 Å². The van der Waals surface area contributed by atoms with Crippen LogP contribution in [0.15, 0.2) is 18.2 Å². The molecule has 0 saturated heterocycles. The fourth-order valence-electron chi connectivity index (χ4n) is 1.92. The minimum atomic E-state index is -4.53. The van der Waals surface area contributed by atoms with Gasteiger partial charge in [0.05, 0.1) is 10.6 Å². The van der Waals surface area contributed by atoms with E-state index < -0.39 is 30.6 Å². The molecule has 4 nitrogen and oxygen atoms in total. The van der Waals surface area contributed by atoms with E-state index in [1.165, 1.54) is 18.2 Å². The van der Waals surface area contributed by atoms with E-state index in [0.29, 0.717) is 5.02 Å².